The third kappa shape index (κ3) is 3.32. The predicted octanol–water partition coefficient (Wildman–Crippen LogP) is 3.46. The average molecular weight is 306 g/mol. The Morgan fingerprint density at radius 1 is 1.38 bits per heavy atom. The fourth-order valence-electron chi connectivity index (χ4n) is 1.17. The van der Waals surface area contributed by atoms with Crippen LogP contribution < -0.4 is 0 Å². The standard InChI is InChI=1S/C11H10BrClO3/c1-6-8(12)4-7(5-9(6)13)10(14)2-3-11(15)16/h4-5H,2-3H2,1H3,(H,15,16). The molecule has 86 valence electrons. The van der Waals surface area contributed by atoms with E-state index in [0.717, 1.165) is 10.0 Å². The quantitative estimate of drug-likeness (QED) is 0.867. The lowest BCUT2D eigenvalue weighted by molar-refractivity contribution is -0.136. The first-order valence-electron chi connectivity index (χ1n) is 4.62. The number of carbonyl (C=O) groups is 2. The van der Waals surface area contributed by atoms with Crippen molar-refractivity contribution in [2.75, 3.05) is 0 Å². The molecule has 3 nitrogen and oxygen atoms in total. The van der Waals surface area contributed by atoms with Crippen molar-refractivity contribution in [1.82, 2.24) is 0 Å². The third-order valence-corrected chi connectivity index (χ3v) is 3.39. The normalized spacial score (nSPS) is 10.2. The van der Waals surface area contributed by atoms with Crippen LogP contribution in [0.2, 0.25) is 5.02 Å². The van der Waals surface area contributed by atoms with Crippen LogP contribution in [0.5, 0.6) is 0 Å². The summed E-state index contributed by atoms with van der Waals surface area (Å²) in [5.41, 5.74) is 1.29. The number of carboxylic acids is 1. The van der Waals surface area contributed by atoms with Crippen molar-refractivity contribution in [3.63, 3.8) is 0 Å². The van der Waals surface area contributed by atoms with Crippen LogP contribution in [0.15, 0.2) is 16.6 Å². The van der Waals surface area contributed by atoms with E-state index < -0.39 is 5.97 Å². The van der Waals surface area contributed by atoms with E-state index in [1.54, 1.807) is 12.1 Å². The number of carbonyl (C=O) groups excluding carboxylic acids is 1. The van der Waals surface area contributed by atoms with Crippen molar-refractivity contribution in [1.29, 1.82) is 0 Å². The van der Waals surface area contributed by atoms with E-state index in [-0.39, 0.29) is 18.6 Å². The van der Waals surface area contributed by atoms with Gasteiger partial charge >= 0.3 is 5.97 Å². The van der Waals surface area contributed by atoms with E-state index in [1.807, 2.05) is 6.92 Å². The number of aliphatic carboxylic acids is 1. The minimum Gasteiger partial charge on any atom is -0.481 e. The van der Waals surface area contributed by atoms with E-state index in [4.69, 9.17) is 16.7 Å². The molecule has 5 heteroatoms. The van der Waals surface area contributed by atoms with Gasteiger partial charge in [0.2, 0.25) is 0 Å². The molecule has 0 aliphatic carbocycles. The molecule has 1 rings (SSSR count). The summed E-state index contributed by atoms with van der Waals surface area (Å²) in [6, 6.07) is 3.22. The number of rotatable bonds is 4. The molecule has 16 heavy (non-hydrogen) atoms. The highest BCUT2D eigenvalue weighted by Gasteiger charge is 2.11. The summed E-state index contributed by atoms with van der Waals surface area (Å²) < 4.78 is 0.749. The van der Waals surface area contributed by atoms with Crippen molar-refractivity contribution in [2.45, 2.75) is 19.8 Å². The lowest BCUT2D eigenvalue weighted by Crippen LogP contribution is -2.04. The van der Waals surface area contributed by atoms with Crippen molar-refractivity contribution in [3.8, 4) is 0 Å². The Balaban J connectivity index is 2.88. The van der Waals surface area contributed by atoms with Crippen LogP contribution in [-0.4, -0.2) is 16.9 Å². The first-order chi connectivity index (χ1) is 7.41. The van der Waals surface area contributed by atoms with Crippen LogP contribution in [0.1, 0.15) is 28.8 Å². The molecular formula is C11H10BrClO3. The molecule has 0 fully saturated rings. The Morgan fingerprint density at radius 3 is 2.50 bits per heavy atom. The topological polar surface area (TPSA) is 54.4 Å². The van der Waals surface area contributed by atoms with Crippen LogP contribution in [0.4, 0.5) is 0 Å². The minimum absolute atomic E-state index is 0.0127. The van der Waals surface area contributed by atoms with Crippen LogP contribution in [-0.2, 0) is 4.79 Å². The molecular weight excluding hydrogens is 295 g/mol. The zero-order chi connectivity index (χ0) is 12.3. The van der Waals surface area contributed by atoms with E-state index in [2.05, 4.69) is 15.9 Å². The number of ketones is 1. The Morgan fingerprint density at radius 2 is 2.00 bits per heavy atom. The maximum Gasteiger partial charge on any atom is 0.303 e. The van der Waals surface area contributed by atoms with Gasteiger partial charge in [0.1, 0.15) is 0 Å². The maximum atomic E-state index is 11.6. The van der Waals surface area contributed by atoms with Crippen molar-refractivity contribution in [2.24, 2.45) is 0 Å². The molecule has 0 saturated heterocycles. The number of Topliss-reactive ketones (excluding diaryl/α,β-unsaturated/α-hetero) is 1. The smallest absolute Gasteiger partial charge is 0.303 e. The molecule has 0 bridgehead atoms. The number of benzene rings is 1. The van der Waals surface area contributed by atoms with Crippen LogP contribution in [0.3, 0.4) is 0 Å². The molecule has 0 aliphatic heterocycles. The first-order valence-corrected chi connectivity index (χ1v) is 5.79. The molecule has 0 heterocycles. The molecule has 0 aliphatic rings. The highest BCUT2D eigenvalue weighted by molar-refractivity contribution is 9.10. The van der Waals surface area contributed by atoms with Crippen LogP contribution in [0.25, 0.3) is 0 Å². The highest BCUT2D eigenvalue weighted by Crippen LogP contribution is 2.26. The number of hydrogen-bond donors (Lipinski definition) is 1. The van der Waals surface area contributed by atoms with Crippen LogP contribution in [0, 0.1) is 6.92 Å². The van der Waals surface area contributed by atoms with Crippen molar-refractivity contribution >= 4 is 39.3 Å². The summed E-state index contributed by atoms with van der Waals surface area (Å²) in [6.45, 7) is 1.83. The van der Waals surface area contributed by atoms with Gasteiger partial charge in [-0.25, -0.2) is 0 Å². The summed E-state index contributed by atoms with van der Waals surface area (Å²) in [5.74, 6) is -1.20. The Labute approximate surface area is 107 Å². The highest BCUT2D eigenvalue weighted by atomic mass is 79.9. The lowest BCUT2D eigenvalue weighted by Gasteiger charge is -2.05. The van der Waals surface area contributed by atoms with E-state index in [0.29, 0.717) is 10.6 Å². The Bertz CT molecular complexity index is 420. The summed E-state index contributed by atoms with van der Waals surface area (Å²) in [5, 5.41) is 8.97. The summed E-state index contributed by atoms with van der Waals surface area (Å²) >= 11 is 9.22. The molecule has 1 aromatic carbocycles. The molecule has 0 saturated carbocycles. The molecule has 1 N–H and O–H groups in total. The van der Waals surface area contributed by atoms with E-state index >= 15 is 0 Å². The van der Waals surface area contributed by atoms with E-state index in [9.17, 15) is 9.59 Å². The van der Waals surface area contributed by atoms with Gasteiger partial charge in [0, 0.05) is 21.5 Å². The van der Waals surface area contributed by atoms with Gasteiger partial charge in [-0.05, 0) is 24.6 Å². The van der Waals surface area contributed by atoms with Crippen LogP contribution >= 0.6 is 27.5 Å². The summed E-state index contributed by atoms with van der Waals surface area (Å²) in [4.78, 5) is 22.0. The monoisotopic (exact) mass is 304 g/mol. The van der Waals surface area contributed by atoms with Gasteiger partial charge < -0.3 is 5.11 Å². The van der Waals surface area contributed by atoms with Gasteiger partial charge in [-0.1, -0.05) is 27.5 Å². The predicted molar refractivity (Wildman–Crippen MR) is 65.1 cm³/mol. The van der Waals surface area contributed by atoms with Gasteiger partial charge in [0.05, 0.1) is 6.42 Å². The fourth-order valence-corrected chi connectivity index (χ4v) is 1.96. The zero-order valence-corrected chi connectivity index (χ0v) is 10.9. The Kier molecular flexibility index (Phi) is 4.50. The van der Waals surface area contributed by atoms with Gasteiger partial charge in [0.25, 0.3) is 0 Å². The van der Waals surface area contributed by atoms with Crippen molar-refractivity contribution in [3.05, 3.63) is 32.8 Å². The Hall–Kier alpha value is -0.870. The molecule has 1 aromatic rings. The number of hydrogen-bond acceptors (Lipinski definition) is 2. The number of halogens is 2. The SMILES string of the molecule is Cc1c(Cl)cc(C(=O)CCC(=O)O)cc1Br. The second-order valence-corrected chi connectivity index (χ2v) is 4.64. The molecule has 0 atom stereocenters. The first kappa shape index (κ1) is 13.2. The average Bonchev–Trinajstić information content (AvgIpc) is 2.21. The minimum atomic E-state index is -0.981. The molecule has 0 radical (unpaired) electrons. The lowest BCUT2D eigenvalue weighted by atomic mass is 10.1. The van der Waals surface area contributed by atoms with Gasteiger partial charge in [0.15, 0.2) is 5.78 Å². The fraction of sp³-hybridized carbons (Fsp3) is 0.273. The molecule has 0 unspecified atom stereocenters. The molecule has 0 spiro atoms. The summed E-state index contributed by atoms with van der Waals surface area (Å²) in [7, 11) is 0. The van der Waals surface area contributed by atoms with Gasteiger partial charge in [-0.2, -0.15) is 0 Å². The second-order valence-electron chi connectivity index (χ2n) is 3.38. The second kappa shape index (κ2) is 5.46. The van der Waals surface area contributed by atoms with Gasteiger partial charge in [-0.3, -0.25) is 9.59 Å². The molecule has 0 aromatic heterocycles. The van der Waals surface area contributed by atoms with Crippen molar-refractivity contribution < 1.29 is 14.7 Å². The largest absolute Gasteiger partial charge is 0.481 e. The zero-order valence-electron chi connectivity index (χ0n) is 8.59. The molecule has 0 amide bonds. The third-order valence-electron chi connectivity index (χ3n) is 2.17. The maximum absolute atomic E-state index is 11.6. The van der Waals surface area contributed by atoms with E-state index in [1.165, 1.54) is 0 Å². The summed E-state index contributed by atoms with van der Waals surface area (Å²) in [6.07, 6.45) is -0.177. The van der Waals surface area contributed by atoms with Gasteiger partial charge in [-0.15, -0.1) is 0 Å². The number of carboxylic acid groups (broad SMARTS) is 1.